The second-order valence-corrected chi connectivity index (χ2v) is 3.73. The van der Waals surface area contributed by atoms with Gasteiger partial charge in [0.05, 0.1) is 6.04 Å². The maximum absolute atomic E-state index is 10.8. The van der Waals surface area contributed by atoms with Gasteiger partial charge in [0, 0.05) is 5.02 Å². The zero-order valence-electron chi connectivity index (χ0n) is 8.12. The third-order valence-corrected chi connectivity index (χ3v) is 2.52. The van der Waals surface area contributed by atoms with Crippen LogP contribution in [0.5, 0.6) is 0 Å². The Bertz CT molecular complexity index is 382. The lowest BCUT2D eigenvalue weighted by Crippen LogP contribution is -2.18. The van der Waals surface area contributed by atoms with Crippen molar-refractivity contribution in [2.45, 2.75) is 13.0 Å². The molecule has 0 spiro atoms. The lowest BCUT2D eigenvalue weighted by Gasteiger charge is -2.10. The van der Waals surface area contributed by atoms with Crippen LogP contribution in [0.25, 0.3) is 0 Å². The molecule has 0 saturated carbocycles. The number of hydrogen-bond acceptors (Lipinski definition) is 2. The van der Waals surface area contributed by atoms with Crippen molar-refractivity contribution < 1.29 is 9.53 Å². The summed E-state index contributed by atoms with van der Waals surface area (Å²) in [5.41, 5.74) is 2.12. The van der Waals surface area contributed by atoms with Gasteiger partial charge in [0.25, 0.3) is 0 Å². The third kappa shape index (κ3) is 2.55. The number of rotatable bonds is 1. The average Bonchev–Trinajstić information content (AvgIpc) is 2.51. The van der Waals surface area contributed by atoms with Crippen molar-refractivity contribution in [2.24, 2.45) is 0 Å². The van der Waals surface area contributed by atoms with E-state index >= 15 is 0 Å². The van der Waals surface area contributed by atoms with E-state index in [-0.39, 0.29) is 24.5 Å². The zero-order valence-corrected chi connectivity index (χ0v) is 9.69. The Morgan fingerprint density at radius 3 is 2.80 bits per heavy atom. The highest BCUT2D eigenvalue weighted by Crippen LogP contribution is 2.24. The molecule has 0 radical (unpaired) electrons. The molecular formula is C10H11Cl2NO2. The summed E-state index contributed by atoms with van der Waals surface area (Å²) in [6, 6.07) is 5.56. The van der Waals surface area contributed by atoms with E-state index in [2.05, 4.69) is 5.32 Å². The van der Waals surface area contributed by atoms with Crippen molar-refractivity contribution in [1.82, 2.24) is 5.32 Å². The van der Waals surface area contributed by atoms with Gasteiger partial charge in [-0.05, 0) is 30.2 Å². The number of alkyl carbamates (subject to hydrolysis) is 1. The molecule has 2 rings (SSSR count). The molecular weight excluding hydrogens is 237 g/mol. The van der Waals surface area contributed by atoms with Crippen LogP contribution in [0.1, 0.15) is 17.2 Å². The molecule has 1 aliphatic heterocycles. The van der Waals surface area contributed by atoms with E-state index in [0.29, 0.717) is 11.6 Å². The first-order valence-electron chi connectivity index (χ1n) is 4.36. The molecule has 15 heavy (non-hydrogen) atoms. The van der Waals surface area contributed by atoms with Crippen LogP contribution < -0.4 is 5.32 Å². The number of ether oxygens (including phenoxy) is 1. The molecule has 82 valence electrons. The first-order valence-corrected chi connectivity index (χ1v) is 4.74. The summed E-state index contributed by atoms with van der Waals surface area (Å²) in [4.78, 5) is 10.8. The van der Waals surface area contributed by atoms with E-state index in [9.17, 15) is 4.79 Å². The number of benzene rings is 1. The Morgan fingerprint density at radius 2 is 2.27 bits per heavy atom. The van der Waals surface area contributed by atoms with Crippen molar-refractivity contribution in [3.63, 3.8) is 0 Å². The van der Waals surface area contributed by atoms with Gasteiger partial charge < -0.3 is 10.1 Å². The van der Waals surface area contributed by atoms with Gasteiger partial charge in [-0.2, -0.15) is 0 Å². The summed E-state index contributed by atoms with van der Waals surface area (Å²) < 4.78 is 4.82. The van der Waals surface area contributed by atoms with Gasteiger partial charge in [-0.1, -0.05) is 17.7 Å². The molecule has 1 N–H and O–H groups in total. The highest BCUT2D eigenvalue weighted by molar-refractivity contribution is 6.30. The van der Waals surface area contributed by atoms with Crippen LogP contribution in [0.4, 0.5) is 4.79 Å². The molecule has 0 unspecified atom stereocenters. The van der Waals surface area contributed by atoms with Gasteiger partial charge in [0.2, 0.25) is 0 Å². The Morgan fingerprint density at radius 1 is 1.53 bits per heavy atom. The van der Waals surface area contributed by atoms with Gasteiger partial charge >= 0.3 is 6.09 Å². The second-order valence-electron chi connectivity index (χ2n) is 3.30. The average molecular weight is 248 g/mol. The van der Waals surface area contributed by atoms with Crippen LogP contribution in [0.2, 0.25) is 5.02 Å². The first-order chi connectivity index (χ1) is 6.66. The van der Waals surface area contributed by atoms with E-state index in [0.717, 1.165) is 11.1 Å². The quantitative estimate of drug-likeness (QED) is 0.829. The summed E-state index contributed by atoms with van der Waals surface area (Å²) in [7, 11) is 0. The summed E-state index contributed by atoms with van der Waals surface area (Å²) in [5, 5.41) is 3.43. The molecule has 1 fully saturated rings. The summed E-state index contributed by atoms with van der Waals surface area (Å²) >= 11 is 5.83. The lowest BCUT2D eigenvalue weighted by atomic mass is 10.0. The fourth-order valence-electron chi connectivity index (χ4n) is 1.58. The molecule has 5 heteroatoms. The van der Waals surface area contributed by atoms with E-state index < -0.39 is 0 Å². The minimum atomic E-state index is -0.357. The Labute approximate surface area is 99.2 Å². The molecule has 3 nitrogen and oxygen atoms in total. The molecule has 1 aliphatic rings. The van der Waals surface area contributed by atoms with E-state index in [1.54, 1.807) is 0 Å². The van der Waals surface area contributed by atoms with Crippen molar-refractivity contribution >= 4 is 30.1 Å². The van der Waals surface area contributed by atoms with Gasteiger partial charge in [0.1, 0.15) is 6.61 Å². The van der Waals surface area contributed by atoms with Crippen molar-refractivity contribution in [3.05, 3.63) is 34.3 Å². The summed E-state index contributed by atoms with van der Waals surface area (Å²) in [6.45, 7) is 2.35. The van der Waals surface area contributed by atoms with Crippen LogP contribution >= 0.6 is 24.0 Å². The second kappa shape index (κ2) is 4.73. The number of amides is 1. The number of halogens is 2. The van der Waals surface area contributed by atoms with Gasteiger partial charge in [-0.3, -0.25) is 0 Å². The molecule has 1 aromatic carbocycles. The fourth-order valence-corrected chi connectivity index (χ4v) is 1.81. The highest BCUT2D eigenvalue weighted by Gasteiger charge is 2.24. The first kappa shape index (κ1) is 12.1. The van der Waals surface area contributed by atoms with Crippen molar-refractivity contribution in [2.75, 3.05) is 6.61 Å². The Hall–Kier alpha value is -0.930. The van der Waals surface area contributed by atoms with Crippen LogP contribution in [0.15, 0.2) is 18.2 Å². The van der Waals surface area contributed by atoms with Crippen LogP contribution in [0.3, 0.4) is 0 Å². The predicted octanol–water partition coefficient (Wildman–Crippen LogP) is 2.85. The number of nitrogens with one attached hydrogen (secondary N) is 1. The molecule has 0 aliphatic carbocycles. The molecule has 0 aromatic heterocycles. The molecule has 1 amide bonds. The van der Waals surface area contributed by atoms with Gasteiger partial charge in [-0.25, -0.2) is 4.79 Å². The predicted molar refractivity (Wildman–Crippen MR) is 60.7 cm³/mol. The SMILES string of the molecule is Cc1cc(Cl)ccc1[C@H]1COC(=O)N1.Cl. The maximum Gasteiger partial charge on any atom is 0.407 e. The van der Waals surface area contributed by atoms with E-state index in [4.69, 9.17) is 16.3 Å². The van der Waals surface area contributed by atoms with Crippen LogP contribution in [-0.4, -0.2) is 12.7 Å². The number of cyclic esters (lactones) is 1. The topological polar surface area (TPSA) is 38.3 Å². The largest absolute Gasteiger partial charge is 0.447 e. The summed E-state index contributed by atoms with van der Waals surface area (Å²) in [6.07, 6.45) is -0.357. The highest BCUT2D eigenvalue weighted by atomic mass is 35.5. The fraction of sp³-hybridized carbons (Fsp3) is 0.300. The minimum Gasteiger partial charge on any atom is -0.447 e. The Kier molecular flexibility index (Phi) is 3.83. The smallest absolute Gasteiger partial charge is 0.407 e. The number of hydrogen-bond donors (Lipinski definition) is 1. The molecule has 0 bridgehead atoms. The normalized spacial score (nSPS) is 19.1. The zero-order chi connectivity index (χ0) is 10.1. The summed E-state index contributed by atoms with van der Waals surface area (Å²) in [5.74, 6) is 0. The van der Waals surface area contributed by atoms with Gasteiger partial charge in [-0.15, -0.1) is 12.4 Å². The molecule has 1 saturated heterocycles. The number of carbonyl (C=O) groups is 1. The molecule has 1 aromatic rings. The van der Waals surface area contributed by atoms with Crippen molar-refractivity contribution in [3.8, 4) is 0 Å². The minimum absolute atomic E-state index is 0. The van der Waals surface area contributed by atoms with Crippen LogP contribution in [0, 0.1) is 6.92 Å². The van der Waals surface area contributed by atoms with E-state index in [1.165, 1.54) is 0 Å². The van der Waals surface area contributed by atoms with Crippen molar-refractivity contribution in [1.29, 1.82) is 0 Å². The number of carbonyl (C=O) groups excluding carboxylic acids is 1. The molecule has 1 atom stereocenters. The lowest BCUT2D eigenvalue weighted by molar-refractivity contribution is 0.177. The Balaban J connectivity index is 0.00000112. The number of aryl methyl sites for hydroxylation is 1. The maximum atomic E-state index is 10.8. The standard InChI is InChI=1S/C10H10ClNO2.ClH/c1-6-4-7(11)2-3-8(6)9-5-14-10(13)12-9;/h2-4,9H,5H2,1H3,(H,12,13);1H/t9-;/m1./s1. The monoisotopic (exact) mass is 247 g/mol. The van der Waals surface area contributed by atoms with Gasteiger partial charge in [0.15, 0.2) is 0 Å². The third-order valence-electron chi connectivity index (χ3n) is 2.28. The van der Waals surface area contributed by atoms with E-state index in [1.807, 2.05) is 25.1 Å². The molecule has 1 heterocycles. The van der Waals surface area contributed by atoms with Crippen LogP contribution in [-0.2, 0) is 4.74 Å².